The molecule has 3 rings (SSSR count). The topological polar surface area (TPSA) is 38.7 Å². The molecule has 0 unspecified atom stereocenters. The van der Waals surface area contributed by atoms with Crippen LogP contribution >= 0.6 is 0 Å². The number of rotatable bonds is 3. The summed E-state index contributed by atoms with van der Waals surface area (Å²) in [5.41, 5.74) is 1.20. The standard InChI is InChI=1S/C16H22O3/c1-10-14-8-13(17)16(19-14)11(2)15(10)18-9-12-6-4-3-5-7-12/h3-7,10-11,13-17H,8-9H2,1-2H3/t10-,11+,13-,14+,15-,16+/m0/s1. The largest absolute Gasteiger partial charge is 0.390 e. The third-order valence-electron chi connectivity index (χ3n) is 4.61. The van der Waals surface area contributed by atoms with Crippen molar-refractivity contribution >= 4 is 0 Å². The van der Waals surface area contributed by atoms with E-state index in [1.54, 1.807) is 0 Å². The lowest BCUT2D eigenvalue weighted by Crippen LogP contribution is -2.46. The van der Waals surface area contributed by atoms with Gasteiger partial charge < -0.3 is 14.6 Å². The first-order chi connectivity index (χ1) is 9.16. The Labute approximate surface area is 114 Å². The van der Waals surface area contributed by atoms with Gasteiger partial charge in [-0.25, -0.2) is 0 Å². The van der Waals surface area contributed by atoms with Crippen molar-refractivity contribution < 1.29 is 14.6 Å². The molecule has 2 fully saturated rings. The van der Waals surface area contributed by atoms with Crippen LogP contribution in [0.5, 0.6) is 0 Å². The van der Waals surface area contributed by atoms with Crippen LogP contribution in [0.25, 0.3) is 0 Å². The molecule has 3 nitrogen and oxygen atoms in total. The number of benzene rings is 1. The van der Waals surface area contributed by atoms with Crippen LogP contribution in [0.2, 0.25) is 0 Å². The van der Waals surface area contributed by atoms with Gasteiger partial charge in [-0.2, -0.15) is 0 Å². The van der Waals surface area contributed by atoms with Gasteiger partial charge >= 0.3 is 0 Å². The first-order valence-corrected chi connectivity index (χ1v) is 7.16. The van der Waals surface area contributed by atoms with E-state index in [2.05, 4.69) is 26.0 Å². The summed E-state index contributed by atoms with van der Waals surface area (Å²) < 4.78 is 12.0. The molecule has 104 valence electrons. The van der Waals surface area contributed by atoms with Crippen LogP contribution in [-0.4, -0.2) is 29.5 Å². The molecule has 2 saturated heterocycles. The molecule has 2 bridgehead atoms. The zero-order valence-corrected chi connectivity index (χ0v) is 11.5. The second-order valence-corrected chi connectivity index (χ2v) is 5.92. The second-order valence-electron chi connectivity index (χ2n) is 5.92. The molecule has 0 radical (unpaired) electrons. The van der Waals surface area contributed by atoms with Crippen molar-refractivity contribution in [2.24, 2.45) is 11.8 Å². The summed E-state index contributed by atoms with van der Waals surface area (Å²) in [4.78, 5) is 0. The lowest BCUT2D eigenvalue weighted by atomic mass is 9.86. The maximum atomic E-state index is 10.0. The fraction of sp³-hybridized carbons (Fsp3) is 0.625. The Hall–Kier alpha value is -0.900. The molecule has 0 spiro atoms. The van der Waals surface area contributed by atoms with E-state index in [-0.39, 0.29) is 30.3 Å². The monoisotopic (exact) mass is 262 g/mol. The van der Waals surface area contributed by atoms with Crippen molar-refractivity contribution in [3.8, 4) is 0 Å². The molecule has 1 N–H and O–H groups in total. The smallest absolute Gasteiger partial charge is 0.0889 e. The van der Waals surface area contributed by atoms with Gasteiger partial charge in [0, 0.05) is 18.3 Å². The summed E-state index contributed by atoms with van der Waals surface area (Å²) in [5, 5.41) is 10.0. The zero-order valence-electron chi connectivity index (χ0n) is 11.5. The lowest BCUT2D eigenvalue weighted by Gasteiger charge is -2.39. The lowest BCUT2D eigenvalue weighted by molar-refractivity contribution is -0.163. The Morgan fingerprint density at radius 2 is 1.95 bits per heavy atom. The van der Waals surface area contributed by atoms with Crippen molar-refractivity contribution in [2.45, 2.75) is 51.3 Å². The quantitative estimate of drug-likeness (QED) is 0.909. The summed E-state index contributed by atoms with van der Waals surface area (Å²) in [6, 6.07) is 10.2. The third-order valence-corrected chi connectivity index (χ3v) is 4.61. The van der Waals surface area contributed by atoms with Gasteiger partial charge in [-0.3, -0.25) is 0 Å². The van der Waals surface area contributed by atoms with Gasteiger partial charge in [-0.15, -0.1) is 0 Å². The molecular weight excluding hydrogens is 240 g/mol. The van der Waals surface area contributed by atoms with Crippen molar-refractivity contribution in [1.29, 1.82) is 0 Å². The molecule has 1 aromatic rings. The Kier molecular flexibility index (Phi) is 3.61. The molecule has 2 aliphatic heterocycles. The Balaban J connectivity index is 1.67. The van der Waals surface area contributed by atoms with E-state index in [4.69, 9.17) is 9.47 Å². The summed E-state index contributed by atoms with van der Waals surface area (Å²) in [6.45, 7) is 4.93. The molecule has 19 heavy (non-hydrogen) atoms. The molecule has 0 saturated carbocycles. The third kappa shape index (κ3) is 2.42. The van der Waals surface area contributed by atoms with Crippen LogP contribution in [0.3, 0.4) is 0 Å². The first kappa shape index (κ1) is 13.1. The van der Waals surface area contributed by atoms with Crippen molar-refractivity contribution in [2.75, 3.05) is 0 Å². The summed E-state index contributed by atoms with van der Waals surface area (Å²) >= 11 is 0. The highest BCUT2D eigenvalue weighted by Gasteiger charge is 2.50. The normalized spacial score (nSPS) is 41.4. The minimum atomic E-state index is -0.326. The van der Waals surface area contributed by atoms with E-state index >= 15 is 0 Å². The predicted molar refractivity (Wildman–Crippen MR) is 72.6 cm³/mol. The van der Waals surface area contributed by atoms with Gasteiger partial charge in [-0.05, 0) is 5.56 Å². The number of ether oxygens (including phenoxy) is 2. The van der Waals surface area contributed by atoms with Gasteiger partial charge in [0.1, 0.15) is 0 Å². The van der Waals surface area contributed by atoms with Crippen LogP contribution < -0.4 is 0 Å². The van der Waals surface area contributed by atoms with Crippen LogP contribution in [0.15, 0.2) is 30.3 Å². The maximum Gasteiger partial charge on any atom is 0.0889 e. The average Bonchev–Trinajstić information content (AvgIpc) is 2.78. The van der Waals surface area contributed by atoms with Crippen LogP contribution in [0, 0.1) is 11.8 Å². The van der Waals surface area contributed by atoms with Crippen LogP contribution in [0.4, 0.5) is 0 Å². The molecule has 0 amide bonds. The Bertz CT molecular complexity index is 419. The van der Waals surface area contributed by atoms with Crippen molar-refractivity contribution in [3.63, 3.8) is 0 Å². The summed E-state index contributed by atoms with van der Waals surface area (Å²) in [7, 11) is 0. The molecule has 6 atom stereocenters. The van der Waals surface area contributed by atoms with Gasteiger partial charge in [0.2, 0.25) is 0 Å². The highest BCUT2D eigenvalue weighted by Crippen LogP contribution is 2.41. The molecule has 0 aliphatic carbocycles. The molecule has 0 aromatic heterocycles. The highest BCUT2D eigenvalue weighted by molar-refractivity contribution is 5.13. The highest BCUT2D eigenvalue weighted by atomic mass is 16.5. The maximum absolute atomic E-state index is 10.0. The van der Waals surface area contributed by atoms with Gasteiger partial charge in [-0.1, -0.05) is 44.2 Å². The second kappa shape index (κ2) is 5.23. The van der Waals surface area contributed by atoms with E-state index in [0.717, 1.165) is 6.42 Å². The number of hydrogen-bond donors (Lipinski definition) is 1. The predicted octanol–water partition coefficient (Wildman–Crippen LogP) is 2.38. The number of hydrogen-bond acceptors (Lipinski definition) is 3. The van der Waals surface area contributed by atoms with E-state index in [1.165, 1.54) is 5.56 Å². The molecule has 3 heteroatoms. The molecule has 1 aromatic carbocycles. The number of fused-ring (bicyclic) bond motifs is 2. The Morgan fingerprint density at radius 1 is 1.21 bits per heavy atom. The van der Waals surface area contributed by atoms with Gasteiger partial charge in [0.05, 0.1) is 31.0 Å². The molecule has 2 heterocycles. The Morgan fingerprint density at radius 3 is 2.68 bits per heavy atom. The van der Waals surface area contributed by atoms with Crippen molar-refractivity contribution in [3.05, 3.63) is 35.9 Å². The first-order valence-electron chi connectivity index (χ1n) is 7.16. The van der Waals surface area contributed by atoms with Crippen molar-refractivity contribution in [1.82, 2.24) is 0 Å². The van der Waals surface area contributed by atoms with E-state index < -0.39 is 0 Å². The number of aliphatic hydroxyl groups excluding tert-OH is 1. The number of aliphatic hydroxyl groups is 1. The fourth-order valence-corrected chi connectivity index (χ4v) is 3.48. The summed E-state index contributed by atoms with van der Waals surface area (Å²) in [5.74, 6) is 0.583. The minimum Gasteiger partial charge on any atom is -0.390 e. The van der Waals surface area contributed by atoms with E-state index in [9.17, 15) is 5.11 Å². The van der Waals surface area contributed by atoms with Gasteiger partial charge in [0.15, 0.2) is 0 Å². The SMILES string of the molecule is C[C@@H]1[C@@H](OCc2ccccc2)[C@@H](C)[C@H]2C[C@H](O)[C@@H]1O2. The minimum absolute atomic E-state index is 0.0537. The average molecular weight is 262 g/mol. The van der Waals surface area contributed by atoms with Crippen LogP contribution in [0.1, 0.15) is 25.8 Å². The van der Waals surface area contributed by atoms with E-state index in [0.29, 0.717) is 12.5 Å². The van der Waals surface area contributed by atoms with Crippen LogP contribution in [-0.2, 0) is 16.1 Å². The molecule has 2 aliphatic rings. The fourth-order valence-electron chi connectivity index (χ4n) is 3.48. The zero-order chi connectivity index (χ0) is 13.4. The van der Waals surface area contributed by atoms with Gasteiger partial charge in [0.25, 0.3) is 0 Å². The summed E-state index contributed by atoms with van der Waals surface area (Å²) in [6.07, 6.45) is 0.689. The van der Waals surface area contributed by atoms with E-state index in [1.807, 2.05) is 18.2 Å². The molecular formula is C16H22O3.